The summed E-state index contributed by atoms with van der Waals surface area (Å²) < 4.78 is 37.8. The number of benzene rings is 1. The summed E-state index contributed by atoms with van der Waals surface area (Å²) in [4.78, 5) is 16.2. The summed E-state index contributed by atoms with van der Waals surface area (Å²) in [5, 5.41) is 3.08. The van der Waals surface area contributed by atoms with Gasteiger partial charge in [0.1, 0.15) is 5.03 Å². The molecule has 0 aliphatic carbocycles. The average Bonchev–Trinajstić information content (AvgIpc) is 2.59. The average molecular weight is 403 g/mol. The number of nitrogens with one attached hydrogen (secondary N) is 1. The largest absolute Gasteiger partial charge is 0.417 e. The fourth-order valence-corrected chi connectivity index (χ4v) is 3.26. The fraction of sp³-hybridized carbons (Fsp3) is 0.333. The molecule has 1 heterocycles. The molecule has 140 valence electrons. The van der Waals surface area contributed by atoms with Gasteiger partial charge in [0.05, 0.1) is 16.0 Å². The molecule has 0 saturated heterocycles. The second kappa shape index (κ2) is 8.31. The summed E-state index contributed by atoms with van der Waals surface area (Å²) >= 11 is 7.05. The number of alkyl halides is 3. The first-order valence-electron chi connectivity index (χ1n) is 7.81. The van der Waals surface area contributed by atoms with Gasteiger partial charge in [-0.2, -0.15) is 13.2 Å². The molecule has 0 aliphatic heterocycles. The lowest BCUT2D eigenvalue weighted by atomic mass is 9.84. The highest BCUT2D eigenvalue weighted by atomic mass is 35.5. The first-order valence-corrected chi connectivity index (χ1v) is 9.18. The van der Waals surface area contributed by atoms with E-state index >= 15 is 0 Å². The lowest BCUT2D eigenvalue weighted by molar-refractivity contribution is -0.137. The van der Waals surface area contributed by atoms with Crippen molar-refractivity contribution in [2.24, 2.45) is 0 Å². The Balaban J connectivity index is 1.88. The molecule has 3 nitrogen and oxygen atoms in total. The molecule has 26 heavy (non-hydrogen) atoms. The zero-order chi connectivity index (χ0) is 19.4. The SMILES string of the molecule is CC(C)(C(=O)NCCSc1ncc(C(F)(F)F)cc1Cl)c1ccccc1. The Kier molecular flexibility index (Phi) is 6.58. The van der Waals surface area contributed by atoms with Crippen LogP contribution in [0.2, 0.25) is 5.02 Å². The van der Waals surface area contributed by atoms with E-state index in [1.807, 2.05) is 44.2 Å². The molecule has 0 bridgehead atoms. The monoisotopic (exact) mass is 402 g/mol. The van der Waals surface area contributed by atoms with E-state index in [1.165, 1.54) is 11.8 Å². The summed E-state index contributed by atoms with van der Waals surface area (Å²) in [6.45, 7) is 4.01. The summed E-state index contributed by atoms with van der Waals surface area (Å²) in [5.74, 6) is 0.310. The normalized spacial score (nSPS) is 12.1. The Morgan fingerprint density at radius 2 is 1.85 bits per heavy atom. The Labute approximate surface area is 159 Å². The zero-order valence-electron chi connectivity index (χ0n) is 14.2. The van der Waals surface area contributed by atoms with Gasteiger partial charge in [0, 0.05) is 18.5 Å². The number of pyridine rings is 1. The molecule has 0 unspecified atom stereocenters. The number of hydrogen-bond donors (Lipinski definition) is 1. The molecule has 1 aromatic heterocycles. The van der Waals surface area contributed by atoms with Gasteiger partial charge in [0.15, 0.2) is 0 Å². The number of rotatable bonds is 6. The fourth-order valence-electron chi connectivity index (χ4n) is 2.21. The molecule has 2 aromatic rings. The van der Waals surface area contributed by atoms with Crippen molar-refractivity contribution < 1.29 is 18.0 Å². The molecule has 0 saturated carbocycles. The van der Waals surface area contributed by atoms with Crippen molar-refractivity contribution in [1.82, 2.24) is 10.3 Å². The minimum Gasteiger partial charge on any atom is -0.355 e. The second-order valence-electron chi connectivity index (χ2n) is 6.10. The van der Waals surface area contributed by atoms with Crippen LogP contribution >= 0.6 is 23.4 Å². The number of amides is 1. The van der Waals surface area contributed by atoms with Gasteiger partial charge in [-0.25, -0.2) is 4.98 Å². The zero-order valence-corrected chi connectivity index (χ0v) is 15.8. The van der Waals surface area contributed by atoms with Gasteiger partial charge in [0.2, 0.25) is 5.91 Å². The van der Waals surface area contributed by atoms with Gasteiger partial charge in [-0.15, -0.1) is 11.8 Å². The number of aromatic nitrogens is 1. The van der Waals surface area contributed by atoms with Gasteiger partial charge in [-0.05, 0) is 25.5 Å². The Bertz CT molecular complexity index is 767. The standard InChI is InChI=1S/C18H18ClF3N2OS/c1-17(2,12-6-4-3-5-7-12)16(25)23-8-9-26-15-14(19)10-13(11-24-15)18(20,21)22/h3-7,10-11H,8-9H2,1-2H3,(H,23,25). The molecule has 8 heteroatoms. The van der Waals surface area contributed by atoms with E-state index in [0.717, 1.165) is 17.8 Å². The van der Waals surface area contributed by atoms with Gasteiger partial charge >= 0.3 is 6.18 Å². The molecular weight excluding hydrogens is 385 g/mol. The minimum atomic E-state index is -4.48. The predicted octanol–water partition coefficient (Wildman–Crippen LogP) is 4.94. The Hall–Kier alpha value is -1.73. The molecule has 0 atom stereocenters. The number of carbonyl (C=O) groups excluding carboxylic acids is 1. The highest BCUT2D eigenvalue weighted by molar-refractivity contribution is 7.99. The van der Waals surface area contributed by atoms with Gasteiger partial charge in [0.25, 0.3) is 0 Å². The molecule has 0 spiro atoms. The number of carbonyl (C=O) groups is 1. The summed E-state index contributed by atoms with van der Waals surface area (Å²) in [7, 11) is 0. The van der Waals surface area contributed by atoms with Gasteiger partial charge < -0.3 is 5.32 Å². The van der Waals surface area contributed by atoms with Crippen LogP contribution in [0.15, 0.2) is 47.6 Å². The maximum atomic E-state index is 12.6. The third-order valence-corrected chi connectivity index (χ3v) is 5.23. The summed E-state index contributed by atoms with van der Waals surface area (Å²) in [6.07, 6.45) is -3.72. The van der Waals surface area contributed by atoms with Crippen molar-refractivity contribution in [3.8, 4) is 0 Å². The second-order valence-corrected chi connectivity index (χ2v) is 7.59. The quantitative estimate of drug-likeness (QED) is 0.549. The van der Waals surface area contributed by atoms with Crippen LogP contribution in [0.1, 0.15) is 25.0 Å². The minimum absolute atomic E-state index is 0.0548. The van der Waals surface area contributed by atoms with Crippen LogP contribution in [0.5, 0.6) is 0 Å². The number of nitrogens with zero attached hydrogens (tertiary/aromatic N) is 1. The number of halogens is 4. The maximum absolute atomic E-state index is 12.6. The van der Waals surface area contributed by atoms with E-state index in [2.05, 4.69) is 10.3 Å². The molecule has 0 fully saturated rings. The smallest absolute Gasteiger partial charge is 0.355 e. The number of thioether (sulfide) groups is 1. The molecular formula is C18H18ClF3N2OS. The van der Waals surface area contributed by atoms with Crippen LogP contribution in [0.25, 0.3) is 0 Å². The van der Waals surface area contributed by atoms with E-state index in [4.69, 9.17) is 11.6 Å². The first-order chi connectivity index (χ1) is 12.1. The van der Waals surface area contributed by atoms with E-state index in [9.17, 15) is 18.0 Å². The van der Waals surface area contributed by atoms with Crippen LogP contribution < -0.4 is 5.32 Å². The Morgan fingerprint density at radius 1 is 1.19 bits per heavy atom. The molecule has 0 aliphatic rings. The predicted molar refractivity (Wildman–Crippen MR) is 97.5 cm³/mol. The van der Waals surface area contributed by atoms with Crippen molar-refractivity contribution in [3.63, 3.8) is 0 Å². The third-order valence-electron chi connectivity index (χ3n) is 3.82. The Morgan fingerprint density at radius 3 is 2.42 bits per heavy atom. The highest BCUT2D eigenvalue weighted by Gasteiger charge is 2.32. The van der Waals surface area contributed by atoms with Crippen molar-refractivity contribution >= 4 is 29.3 Å². The van der Waals surface area contributed by atoms with Crippen LogP contribution in [0.3, 0.4) is 0 Å². The van der Waals surface area contributed by atoms with Gasteiger partial charge in [-0.3, -0.25) is 4.79 Å². The lowest BCUT2D eigenvalue weighted by Gasteiger charge is -2.24. The molecule has 0 radical (unpaired) electrons. The summed E-state index contributed by atoms with van der Waals surface area (Å²) in [5.41, 5.74) is -0.668. The van der Waals surface area contributed by atoms with Crippen molar-refractivity contribution in [2.45, 2.75) is 30.5 Å². The van der Waals surface area contributed by atoms with E-state index < -0.39 is 17.2 Å². The van der Waals surface area contributed by atoms with Crippen molar-refractivity contribution in [2.75, 3.05) is 12.3 Å². The van der Waals surface area contributed by atoms with E-state index in [-0.39, 0.29) is 10.9 Å². The van der Waals surface area contributed by atoms with Crippen LogP contribution in [-0.2, 0) is 16.4 Å². The topological polar surface area (TPSA) is 42.0 Å². The van der Waals surface area contributed by atoms with Crippen LogP contribution in [0, 0.1) is 0 Å². The molecule has 2 rings (SSSR count). The third kappa shape index (κ3) is 5.14. The van der Waals surface area contributed by atoms with Crippen LogP contribution in [-0.4, -0.2) is 23.2 Å². The van der Waals surface area contributed by atoms with Gasteiger partial charge in [-0.1, -0.05) is 41.9 Å². The first kappa shape index (κ1) is 20.6. The van der Waals surface area contributed by atoms with E-state index in [1.54, 1.807) is 0 Å². The van der Waals surface area contributed by atoms with Crippen molar-refractivity contribution in [1.29, 1.82) is 0 Å². The van der Waals surface area contributed by atoms with E-state index in [0.29, 0.717) is 17.3 Å². The molecule has 1 aromatic carbocycles. The molecule has 1 N–H and O–H groups in total. The highest BCUT2D eigenvalue weighted by Crippen LogP contribution is 2.33. The van der Waals surface area contributed by atoms with Crippen molar-refractivity contribution in [3.05, 3.63) is 58.7 Å². The molecule has 1 amide bonds. The van der Waals surface area contributed by atoms with Crippen LogP contribution in [0.4, 0.5) is 13.2 Å². The lowest BCUT2D eigenvalue weighted by Crippen LogP contribution is -2.40. The summed E-state index contributed by atoms with van der Waals surface area (Å²) in [6, 6.07) is 10.3. The number of hydrogen-bond acceptors (Lipinski definition) is 3. The maximum Gasteiger partial charge on any atom is 0.417 e.